The molecule has 0 N–H and O–H groups in total. The van der Waals surface area contributed by atoms with Crippen LogP contribution < -0.4 is 14.2 Å². The van der Waals surface area contributed by atoms with E-state index in [1.807, 2.05) is 0 Å². The minimum Gasteiger partial charge on any atom is -0.493 e. The summed E-state index contributed by atoms with van der Waals surface area (Å²) in [6.07, 6.45) is 4.89. The lowest BCUT2D eigenvalue weighted by Gasteiger charge is -2.36. The van der Waals surface area contributed by atoms with E-state index in [-0.39, 0.29) is 11.2 Å². The van der Waals surface area contributed by atoms with Gasteiger partial charge in [0.1, 0.15) is 5.60 Å². The highest BCUT2D eigenvalue weighted by Crippen LogP contribution is 2.42. The Bertz CT molecular complexity index is 1120. The maximum Gasteiger partial charge on any atom is 0.204 e. The van der Waals surface area contributed by atoms with Gasteiger partial charge in [-0.05, 0) is 80.7 Å². The lowest BCUT2D eigenvalue weighted by molar-refractivity contribution is -0.413. The third kappa shape index (κ3) is 8.01. The van der Waals surface area contributed by atoms with Crippen LogP contribution in [0.15, 0.2) is 24.3 Å². The molecule has 0 aliphatic heterocycles. The van der Waals surface area contributed by atoms with Crippen LogP contribution in [0.1, 0.15) is 121 Å². The lowest BCUT2D eigenvalue weighted by atomic mass is 9.83. The van der Waals surface area contributed by atoms with Gasteiger partial charge < -0.3 is 14.2 Å². The Hall–Kier alpha value is -2.57. The first kappa shape index (κ1) is 33.6. The summed E-state index contributed by atoms with van der Waals surface area (Å²) >= 11 is 0. The van der Waals surface area contributed by atoms with E-state index in [4.69, 9.17) is 24.0 Å². The van der Waals surface area contributed by atoms with Crippen LogP contribution in [0.5, 0.6) is 17.2 Å². The zero-order valence-corrected chi connectivity index (χ0v) is 27.0. The van der Waals surface area contributed by atoms with Crippen LogP contribution in [0.25, 0.3) is 0 Å². The summed E-state index contributed by atoms with van der Waals surface area (Å²) in [7, 11) is 4.66. The Morgan fingerprint density at radius 3 is 1.73 bits per heavy atom. The lowest BCUT2D eigenvalue weighted by Crippen LogP contribution is -2.35. The Balaban J connectivity index is 2.68. The van der Waals surface area contributed by atoms with Crippen molar-refractivity contribution >= 4 is 5.78 Å². The molecule has 6 heteroatoms. The molecule has 2 aromatic rings. The van der Waals surface area contributed by atoms with Gasteiger partial charge in [-0.2, -0.15) is 0 Å². The molecule has 0 radical (unpaired) electrons. The highest BCUT2D eigenvalue weighted by atomic mass is 17.2. The molecule has 0 spiro atoms. The first-order chi connectivity index (χ1) is 18.7. The number of ether oxygens (including phenoxy) is 3. The summed E-state index contributed by atoms with van der Waals surface area (Å²) in [5.41, 5.74) is 3.17. The molecule has 2 rings (SSSR count). The van der Waals surface area contributed by atoms with E-state index in [1.165, 1.54) is 0 Å². The molecule has 0 fully saturated rings. The van der Waals surface area contributed by atoms with E-state index in [1.54, 1.807) is 33.5 Å². The van der Waals surface area contributed by atoms with Crippen molar-refractivity contribution in [2.24, 2.45) is 5.41 Å². The maximum absolute atomic E-state index is 14.3. The first-order valence-electron chi connectivity index (χ1n) is 14.6. The first-order valence-corrected chi connectivity index (χ1v) is 14.6. The molecular formula is C34H52O6. The van der Waals surface area contributed by atoms with Crippen molar-refractivity contribution in [2.45, 2.75) is 112 Å². The van der Waals surface area contributed by atoms with E-state index < -0.39 is 11.2 Å². The number of methoxy groups -OCH3 is 3. The highest BCUT2D eigenvalue weighted by Gasteiger charge is 2.35. The summed E-state index contributed by atoms with van der Waals surface area (Å²) in [4.78, 5) is 26.7. The van der Waals surface area contributed by atoms with Gasteiger partial charge in [-0.3, -0.25) is 4.79 Å². The van der Waals surface area contributed by atoms with Crippen molar-refractivity contribution in [3.05, 3.63) is 52.1 Å². The van der Waals surface area contributed by atoms with E-state index in [9.17, 15) is 4.79 Å². The molecule has 1 unspecified atom stereocenters. The van der Waals surface area contributed by atoms with Gasteiger partial charge in [0.15, 0.2) is 17.3 Å². The van der Waals surface area contributed by atoms with Crippen LogP contribution in [-0.4, -0.2) is 32.7 Å². The van der Waals surface area contributed by atoms with Crippen LogP contribution in [0.2, 0.25) is 0 Å². The molecule has 0 saturated carbocycles. The molecule has 0 amide bonds. The second-order valence-corrected chi connectivity index (χ2v) is 12.6. The average Bonchev–Trinajstić information content (AvgIpc) is 2.89. The summed E-state index contributed by atoms with van der Waals surface area (Å²) in [6, 6.07) is 7.77. The molecular weight excluding hydrogens is 504 g/mol. The monoisotopic (exact) mass is 556 g/mol. The quantitative estimate of drug-likeness (QED) is 0.124. The molecule has 6 nitrogen and oxygen atoms in total. The van der Waals surface area contributed by atoms with Crippen LogP contribution in [0.3, 0.4) is 0 Å². The number of carbonyl (C=O) groups is 1. The van der Waals surface area contributed by atoms with Crippen molar-refractivity contribution < 1.29 is 28.8 Å². The van der Waals surface area contributed by atoms with Crippen LogP contribution >= 0.6 is 0 Å². The van der Waals surface area contributed by atoms with Gasteiger partial charge in [0, 0.05) is 5.56 Å². The molecule has 0 aliphatic rings. The van der Waals surface area contributed by atoms with E-state index >= 15 is 0 Å². The fourth-order valence-corrected chi connectivity index (χ4v) is 5.53. The van der Waals surface area contributed by atoms with Crippen molar-refractivity contribution in [1.82, 2.24) is 0 Å². The fourth-order valence-electron chi connectivity index (χ4n) is 5.53. The molecule has 40 heavy (non-hydrogen) atoms. The average molecular weight is 557 g/mol. The number of benzene rings is 2. The summed E-state index contributed by atoms with van der Waals surface area (Å²) in [6.45, 7) is 19.2. The Kier molecular flexibility index (Phi) is 11.7. The molecule has 0 aromatic heterocycles. The topological polar surface area (TPSA) is 63.2 Å². The largest absolute Gasteiger partial charge is 0.493 e. The van der Waals surface area contributed by atoms with Gasteiger partial charge in [0.25, 0.3) is 0 Å². The number of hydrogen-bond donors (Lipinski definition) is 0. The number of carbonyl (C=O) groups excluding carboxylic acids is 1. The van der Waals surface area contributed by atoms with E-state index in [0.29, 0.717) is 29.2 Å². The SMILES string of the molecule is CCCc1cc(C(C)(CC)OOC(C)(C)CC(C)(C)C)cc(CCC)c1C(=O)c1ccc(OC)c(OC)c1OC. The summed E-state index contributed by atoms with van der Waals surface area (Å²) in [5, 5.41) is 0. The van der Waals surface area contributed by atoms with E-state index in [2.05, 4.69) is 74.4 Å². The third-order valence-corrected chi connectivity index (χ3v) is 7.21. The zero-order valence-electron chi connectivity index (χ0n) is 27.0. The number of hydrogen-bond acceptors (Lipinski definition) is 6. The van der Waals surface area contributed by atoms with Crippen LogP contribution in [0.4, 0.5) is 0 Å². The second-order valence-electron chi connectivity index (χ2n) is 12.6. The molecule has 224 valence electrons. The minimum absolute atomic E-state index is 0.0852. The molecule has 0 heterocycles. The van der Waals surface area contributed by atoms with Gasteiger partial charge in [-0.15, -0.1) is 0 Å². The number of rotatable bonds is 15. The predicted octanol–water partition coefficient (Wildman–Crippen LogP) is 8.64. The number of aryl methyl sites for hydroxylation is 2. The Morgan fingerprint density at radius 2 is 1.30 bits per heavy atom. The van der Waals surface area contributed by atoms with Gasteiger partial charge >= 0.3 is 0 Å². The molecule has 0 saturated heterocycles. The standard InChI is InChI=1S/C34H52O6/c1-13-16-23-20-25(34(9,15-3)40-39-33(7,8)22-32(4,5)6)21-24(17-14-2)28(23)29(35)26-18-19-27(36-10)31(38-12)30(26)37-11/h18-21H,13-17,22H2,1-12H3. The van der Waals surface area contributed by atoms with Gasteiger partial charge in [0.2, 0.25) is 5.75 Å². The summed E-state index contributed by atoms with van der Waals surface area (Å²) in [5.74, 6) is 1.21. The summed E-state index contributed by atoms with van der Waals surface area (Å²) < 4.78 is 16.7. The molecule has 0 aliphatic carbocycles. The normalized spacial score (nSPS) is 13.6. The minimum atomic E-state index is -0.678. The molecule has 1 atom stereocenters. The third-order valence-electron chi connectivity index (χ3n) is 7.21. The smallest absolute Gasteiger partial charge is 0.204 e. The molecule has 2 aromatic carbocycles. The zero-order chi connectivity index (χ0) is 30.3. The van der Waals surface area contributed by atoms with Crippen LogP contribution in [0, 0.1) is 5.41 Å². The van der Waals surface area contributed by atoms with Crippen molar-refractivity contribution in [3.8, 4) is 17.2 Å². The highest BCUT2D eigenvalue weighted by molar-refractivity contribution is 6.13. The van der Waals surface area contributed by atoms with Crippen LogP contribution in [-0.2, 0) is 28.2 Å². The van der Waals surface area contributed by atoms with E-state index in [0.717, 1.165) is 54.4 Å². The van der Waals surface area contributed by atoms with Crippen molar-refractivity contribution in [2.75, 3.05) is 21.3 Å². The Morgan fingerprint density at radius 1 is 0.750 bits per heavy atom. The van der Waals surface area contributed by atoms with Gasteiger partial charge in [-0.25, -0.2) is 9.78 Å². The van der Waals surface area contributed by atoms with Crippen molar-refractivity contribution in [3.63, 3.8) is 0 Å². The number of ketones is 1. The second kappa shape index (κ2) is 13.9. The maximum atomic E-state index is 14.3. The Labute approximate surface area is 242 Å². The fraction of sp³-hybridized carbons (Fsp3) is 0.618. The van der Waals surface area contributed by atoms with Gasteiger partial charge in [0.05, 0.1) is 32.5 Å². The van der Waals surface area contributed by atoms with Gasteiger partial charge in [-0.1, -0.05) is 66.5 Å². The predicted molar refractivity (Wildman–Crippen MR) is 162 cm³/mol. The molecule has 0 bridgehead atoms. The van der Waals surface area contributed by atoms with Crippen molar-refractivity contribution in [1.29, 1.82) is 0 Å².